The average molecular weight is 316 g/mol. The molecule has 6 nitrogen and oxygen atoms in total. The Morgan fingerprint density at radius 2 is 2.17 bits per heavy atom. The smallest absolute Gasteiger partial charge is 0.248 e. The molecule has 3 saturated heterocycles. The minimum absolute atomic E-state index is 0.0445. The maximum Gasteiger partial charge on any atom is 0.248 e. The molecule has 2 amide bonds. The molecule has 1 aromatic carbocycles. The van der Waals surface area contributed by atoms with Gasteiger partial charge in [-0.1, -0.05) is 30.3 Å². The molecule has 122 valence electrons. The van der Waals surface area contributed by atoms with Crippen LogP contribution in [0.4, 0.5) is 0 Å². The molecule has 1 spiro atoms. The van der Waals surface area contributed by atoms with Crippen LogP contribution in [0.3, 0.4) is 0 Å². The van der Waals surface area contributed by atoms with Gasteiger partial charge in [-0.3, -0.25) is 9.59 Å². The Hall–Kier alpha value is -1.92. The zero-order chi connectivity index (χ0) is 16.0. The summed E-state index contributed by atoms with van der Waals surface area (Å²) in [5.74, 6) is -0.00736. The van der Waals surface area contributed by atoms with E-state index in [1.54, 1.807) is 4.90 Å². The highest BCUT2D eigenvalue weighted by atomic mass is 16.5. The molecule has 3 aliphatic rings. The summed E-state index contributed by atoms with van der Waals surface area (Å²) in [4.78, 5) is 28.5. The second-order valence-corrected chi connectivity index (χ2v) is 6.34. The van der Waals surface area contributed by atoms with Crippen LogP contribution in [0.25, 0.3) is 0 Å². The molecule has 0 unspecified atom stereocenters. The van der Waals surface area contributed by atoms with Crippen molar-refractivity contribution in [2.45, 2.75) is 30.7 Å². The van der Waals surface area contributed by atoms with Gasteiger partial charge < -0.3 is 19.3 Å². The number of carbonyl (C=O) groups excluding carboxylic acids is 2. The van der Waals surface area contributed by atoms with Gasteiger partial charge in [-0.25, -0.2) is 0 Å². The molecule has 0 aliphatic carbocycles. The lowest BCUT2D eigenvalue weighted by atomic mass is 10.0. The largest absolute Gasteiger partial charge is 0.375 e. The highest BCUT2D eigenvalue weighted by Crippen LogP contribution is 2.51. The predicted octanol–water partition coefficient (Wildman–Crippen LogP) is 0.934. The number of nitrogens with zero attached hydrogens (tertiary/aromatic N) is 2. The van der Waals surface area contributed by atoms with Gasteiger partial charge in [0.05, 0.1) is 25.1 Å². The van der Waals surface area contributed by atoms with Crippen LogP contribution < -0.4 is 0 Å². The van der Waals surface area contributed by atoms with E-state index in [-0.39, 0.29) is 30.5 Å². The van der Waals surface area contributed by atoms with Crippen molar-refractivity contribution in [1.29, 1.82) is 0 Å². The molecule has 0 saturated carbocycles. The number of amides is 2. The molecular formula is C17H20N2O4. The summed E-state index contributed by atoms with van der Waals surface area (Å²) in [6.45, 7) is 1.14. The van der Waals surface area contributed by atoms with E-state index in [2.05, 4.69) is 0 Å². The van der Waals surface area contributed by atoms with Crippen LogP contribution >= 0.6 is 0 Å². The van der Waals surface area contributed by atoms with Crippen LogP contribution in [0.5, 0.6) is 0 Å². The maximum atomic E-state index is 12.7. The number of carbonyl (C=O) groups is 2. The van der Waals surface area contributed by atoms with Crippen LogP contribution in [0.15, 0.2) is 30.3 Å². The number of rotatable bonds is 3. The normalized spacial score (nSPS) is 32.3. The van der Waals surface area contributed by atoms with Crippen molar-refractivity contribution in [1.82, 2.24) is 9.80 Å². The van der Waals surface area contributed by atoms with Crippen LogP contribution in [0.2, 0.25) is 0 Å². The molecular weight excluding hydrogens is 296 g/mol. The topological polar surface area (TPSA) is 59.1 Å². The minimum atomic E-state index is -0.652. The highest BCUT2D eigenvalue weighted by molar-refractivity contribution is 5.85. The van der Waals surface area contributed by atoms with Crippen molar-refractivity contribution in [2.24, 2.45) is 0 Å². The molecule has 3 aliphatic heterocycles. The fraction of sp³-hybridized carbons (Fsp3) is 0.529. The third kappa shape index (κ3) is 2.01. The van der Waals surface area contributed by atoms with E-state index >= 15 is 0 Å². The Morgan fingerprint density at radius 1 is 1.39 bits per heavy atom. The molecule has 0 radical (unpaired) electrons. The third-order valence-electron chi connectivity index (χ3n) is 5.23. The SMILES string of the molecule is COCC(=O)N1CC[C@@]23OC[C@@H](c4ccccc4)N2C(=O)C[C@@H]13. The van der Waals surface area contributed by atoms with Gasteiger partial charge in [-0.05, 0) is 5.56 Å². The summed E-state index contributed by atoms with van der Waals surface area (Å²) < 4.78 is 11.1. The van der Waals surface area contributed by atoms with E-state index in [4.69, 9.17) is 9.47 Å². The molecule has 0 bridgehead atoms. The van der Waals surface area contributed by atoms with E-state index < -0.39 is 5.72 Å². The van der Waals surface area contributed by atoms with Crippen LogP contribution in [0.1, 0.15) is 24.4 Å². The van der Waals surface area contributed by atoms with Crippen molar-refractivity contribution >= 4 is 11.8 Å². The van der Waals surface area contributed by atoms with Crippen molar-refractivity contribution < 1.29 is 19.1 Å². The van der Waals surface area contributed by atoms with E-state index in [0.717, 1.165) is 5.56 Å². The van der Waals surface area contributed by atoms with Crippen molar-refractivity contribution in [3.05, 3.63) is 35.9 Å². The van der Waals surface area contributed by atoms with E-state index in [1.165, 1.54) is 7.11 Å². The Balaban J connectivity index is 1.64. The van der Waals surface area contributed by atoms with Gasteiger partial charge in [-0.15, -0.1) is 0 Å². The summed E-state index contributed by atoms with van der Waals surface area (Å²) in [6.07, 6.45) is 1.00. The number of hydrogen-bond donors (Lipinski definition) is 0. The summed E-state index contributed by atoms with van der Waals surface area (Å²) in [5.41, 5.74) is 0.432. The molecule has 0 aromatic heterocycles. The third-order valence-corrected chi connectivity index (χ3v) is 5.23. The average Bonchev–Trinajstić information content (AvgIpc) is 3.18. The van der Waals surface area contributed by atoms with Crippen molar-refractivity contribution in [2.75, 3.05) is 26.9 Å². The zero-order valence-corrected chi connectivity index (χ0v) is 13.1. The Bertz CT molecular complexity index is 635. The van der Waals surface area contributed by atoms with Gasteiger partial charge in [-0.2, -0.15) is 0 Å². The molecule has 3 atom stereocenters. The number of benzene rings is 1. The Labute approximate surface area is 134 Å². The van der Waals surface area contributed by atoms with E-state index in [1.807, 2.05) is 35.2 Å². The van der Waals surface area contributed by atoms with E-state index in [9.17, 15) is 9.59 Å². The van der Waals surface area contributed by atoms with Gasteiger partial charge in [0.2, 0.25) is 11.8 Å². The summed E-state index contributed by atoms with van der Waals surface area (Å²) >= 11 is 0. The molecule has 0 N–H and O–H groups in total. The van der Waals surface area contributed by atoms with Crippen LogP contribution in [0, 0.1) is 0 Å². The predicted molar refractivity (Wildman–Crippen MR) is 81.3 cm³/mol. The fourth-order valence-corrected chi connectivity index (χ4v) is 4.27. The second kappa shape index (κ2) is 5.32. The number of hydrogen-bond acceptors (Lipinski definition) is 4. The zero-order valence-electron chi connectivity index (χ0n) is 13.1. The molecule has 3 fully saturated rings. The van der Waals surface area contributed by atoms with Gasteiger partial charge in [0.25, 0.3) is 0 Å². The van der Waals surface area contributed by atoms with Gasteiger partial charge in [0, 0.05) is 20.1 Å². The van der Waals surface area contributed by atoms with Crippen molar-refractivity contribution in [3.63, 3.8) is 0 Å². The summed E-state index contributed by atoms with van der Waals surface area (Å²) in [6, 6.07) is 9.69. The second-order valence-electron chi connectivity index (χ2n) is 6.34. The molecule has 1 aromatic rings. The highest BCUT2D eigenvalue weighted by Gasteiger charge is 2.65. The molecule has 4 rings (SSSR count). The van der Waals surface area contributed by atoms with Gasteiger partial charge in [0.15, 0.2) is 5.72 Å². The molecule has 23 heavy (non-hydrogen) atoms. The molecule has 6 heteroatoms. The van der Waals surface area contributed by atoms with Crippen LogP contribution in [-0.2, 0) is 19.1 Å². The lowest BCUT2D eigenvalue weighted by molar-refractivity contribution is -0.142. The maximum absolute atomic E-state index is 12.7. The fourth-order valence-electron chi connectivity index (χ4n) is 4.27. The quantitative estimate of drug-likeness (QED) is 0.832. The molecule has 3 heterocycles. The van der Waals surface area contributed by atoms with E-state index in [0.29, 0.717) is 26.0 Å². The Kier molecular flexibility index (Phi) is 3.39. The first kappa shape index (κ1) is 14.7. The van der Waals surface area contributed by atoms with Crippen LogP contribution in [-0.4, -0.2) is 60.2 Å². The number of likely N-dealkylation sites (tertiary alicyclic amines) is 1. The van der Waals surface area contributed by atoms with Gasteiger partial charge in [0.1, 0.15) is 6.61 Å². The monoisotopic (exact) mass is 316 g/mol. The first-order chi connectivity index (χ1) is 11.2. The first-order valence-electron chi connectivity index (χ1n) is 7.97. The minimum Gasteiger partial charge on any atom is -0.375 e. The lowest BCUT2D eigenvalue weighted by Gasteiger charge is -2.33. The van der Waals surface area contributed by atoms with Gasteiger partial charge >= 0.3 is 0 Å². The van der Waals surface area contributed by atoms with Crippen molar-refractivity contribution in [3.8, 4) is 0 Å². The number of ether oxygens (including phenoxy) is 2. The summed E-state index contributed by atoms with van der Waals surface area (Å²) in [5, 5.41) is 0. The standard InChI is InChI=1S/C17H20N2O4/c1-22-11-16(21)18-8-7-17-14(18)9-15(20)19(17)13(10-23-17)12-5-3-2-4-6-12/h2-6,13-14H,7-11H2,1H3/t13-,14+,17-/m0/s1. The first-order valence-corrected chi connectivity index (χ1v) is 7.97. The Morgan fingerprint density at radius 3 is 2.91 bits per heavy atom. The summed E-state index contributed by atoms with van der Waals surface area (Å²) in [7, 11) is 1.51. The lowest BCUT2D eigenvalue weighted by Crippen LogP contribution is -2.49. The number of methoxy groups -OCH3 is 1.